The Bertz CT molecular complexity index is 999. The van der Waals surface area contributed by atoms with Crippen molar-refractivity contribution in [1.82, 2.24) is 36.0 Å². The van der Waals surface area contributed by atoms with E-state index in [1.54, 1.807) is 30.0 Å². The largest absolute Gasteiger partial charge is 0.464 e. The van der Waals surface area contributed by atoms with Crippen LogP contribution in [0, 0.1) is 12.8 Å². The van der Waals surface area contributed by atoms with E-state index >= 15 is 0 Å². The molecule has 1 saturated heterocycles. The zero-order valence-corrected chi connectivity index (χ0v) is 17.5. The Hall–Kier alpha value is -3.47. The Morgan fingerprint density at radius 1 is 1.26 bits per heavy atom. The van der Waals surface area contributed by atoms with Gasteiger partial charge in [0.15, 0.2) is 5.82 Å². The average molecular weight is 448 g/mol. The van der Waals surface area contributed by atoms with Crippen molar-refractivity contribution < 1.29 is 19.5 Å². The maximum atomic E-state index is 12.6. The van der Waals surface area contributed by atoms with Gasteiger partial charge in [-0.05, 0) is 54.3 Å². The van der Waals surface area contributed by atoms with Crippen LogP contribution in [0.3, 0.4) is 0 Å². The molecule has 164 valence electrons. The molecule has 0 unspecified atom stereocenters. The molecule has 2 aromatic rings. The number of aromatic nitrogens is 4. The van der Waals surface area contributed by atoms with E-state index in [1.165, 1.54) is 10.9 Å². The van der Waals surface area contributed by atoms with Crippen molar-refractivity contribution in [2.24, 2.45) is 5.92 Å². The molecular formula is C19H22ClN7O4. The molecule has 0 atom stereocenters. The molecule has 1 aromatic heterocycles. The number of halogens is 1. The van der Waals surface area contributed by atoms with Crippen molar-refractivity contribution in [3.05, 3.63) is 46.2 Å². The molecule has 1 aliphatic rings. The number of carbonyl (C=O) groups is 3. The number of amides is 3. The van der Waals surface area contributed by atoms with E-state index in [4.69, 9.17) is 16.7 Å². The number of carboxylic acid groups (broad SMARTS) is 1. The lowest BCUT2D eigenvalue weighted by Gasteiger charge is -2.30. The quantitative estimate of drug-likeness (QED) is 0.462. The normalized spacial score (nSPS) is 14.6. The number of nitrogens with one attached hydrogen (secondary N) is 2. The zero-order valence-electron chi connectivity index (χ0n) is 16.8. The molecule has 0 radical (unpaired) electrons. The number of likely N-dealkylation sites (tertiary alicyclic amines) is 1. The first-order chi connectivity index (χ1) is 14.8. The SMILES string of the molecule is Cc1nnn(Cc2cc(Cl)ccc2C=CC(=O)N2CCC(C(=O)NNC(=O)O)CC2)n1. The van der Waals surface area contributed by atoms with E-state index in [9.17, 15) is 14.4 Å². The van der Waals surface area contributed by atoms with E-state index in [0.717, 1.165) is 11.1 Å². The summed E-state index contributed by atoms with van der Waals surface area (Å²) in [4.78, 5) is 38.1. The summed E-state index contributed by atoms with van der Waals surface area (Å²) in [6.07, 6.45) is 2.78. The summed E-state index contributed by atoms with van der Waals surface area (Å²) in [5, 5.41) is 21.1. The van der Waals surface area contributed by atoms with Gasteiger partial charge in [-0.3, -0.25) is 15.0 Å². The maximum Gasteiger partial charge on any atom is 0.423 e. The highest BCUT2D eigenvalue weighted by Crippen LogP contribution is 2.20. The number of nitrogens with zero attached hydrogens (tertiary/aromatic N) is 5. The molecule has 0 spiro atoms. The fourth-order valence-electron chi connectivity index (χ4n) is 3.26. The van der Waals surface area contributed by atoms with Crippen LogP contribution < -0.4 is 10.9 Å². The molecule has 12 heteroatoms. The van der Waals surface area contributed by atoms with E-state index in [1.807, 2.05) is 11.5 Å². The second-order valence-corrected chi connectivity index (χ2v) is 7.50. The number of aryl methyl sites for hydroxylation is 1. The lowest BCUT2D eigenvalue weighted by atomic mass is 9.96. The minimum atomic E-state index is -1.33. The molecule has 3 N–H and O–H groups in total. The number of carbonyl (C=O) groups excluding carboxylic acids is 2. The molecule has 1 fully saturated rings. The van der Waals surface area contributed by atoms with Crippen molar-refractivity contribution in [3.63, 3.8) is 0 Å². The van der Waals surface area contributed by atoms with Gasteiger partial charge in [0.1, 0.15) is 0 Å². The van der Waals surface area contributed by atoms with Crippen molar-refractivity contribution in [3.8, 4) is 0 Å². The first-order valence-electron chi connectivity index (χ1n) is 9.60. The van der Waals surface area contributed by atoms with E-state index < -0.39 is 12.0 Å². The number of piperidine rings is 1. The highest BCUT2D eigenvalue weighted by Gasteiger charge is 2.26. The predicted molar refractivity (Wildman–Crippen MR) is 111 cm³/mol. The Morgan fingerprint density at radius 2 is 2.00 bits per heavy atom. The number of benzene rings is 1. The summed E-state index contributed by atoms with van der Waals surface area (Å²) < 4.78 is 0. The first kappa shape index (κ1) is 22.2. The second kappa shape index (κ2) is 10.0. The molecule has 1 aliphatic heterocycles. The van der Waals surface area contributed by atoms with Crippen LogP contribution in [-0.2, 0) is 16.1 Å². The van der Waals surface area contributed by atoms with E-state index in [2.05, 4.69) is 20.8 Å². The fraction of sp³-hybridized carbons (Fsp3) is 0.368. The van der Waals surface area contributed by atoms with Crippen LogP contribution in [0.15, 0.2) is 24.3 Å². The summed E-state index contributed by atoms with van der Waals surface area (Å²) in [6, 6.07) is 5.35. The summed E-state index contributed by atoms with van der Waals surface area (Å²) in [6.45, 7) is 2.92. The van der Waals surface area contributed by atoms with Crippen LogP contribution in [0.1, 0.15) is 29.8 Å². The highest BCUT2D eigenvalue weighted by molar-refractivity contribution is 6.30. The van der Waals surface area contributed by atoms with Gasteiger partial charge in [-0.15, -0.1) is 10.2 Å². The fourth-order valence-corrected chi connectivity index (χ4v) is 3.46. The van der Waals surface area contributed by atoms with Crippen LogP contribution >= 0.6 is 11.6 Å². The van der Waals surface area contributed by atoms with E-state index in [-0.39, 0.29) is 11.8 Å². The van der Waals surface area contributed by atoms with Crippen LogP contribution in [0.4, 0.5) is 4.79 Å². The van der Waals surface area contributed by atoms with Gasteiger partial charge >= 0.3 is 6.09 Å². The van der Waals surface area contributed by atoms with Gasteiger partial charge in [0.05, 0.1) is 6.54 Å². The number of hydrogen-bond acceptors (Lipinski definition) is 6. The number of hydrazine groups is 1. The Morgan fingerprint density at radius 3 is 2.65 bits per heavy atom. The highest BCUT2D eigenvalue weighted by atomic mass is 35.5. The van der Waals surface area contributed by atoms with Gasteiger partial charge in [0.2, 0.25) is 11.8 Å². The summed E-state index contributed by atoms with van der Waals surface area (Å²) in [7, 11) is 0. The van der Waals surface area contributed by atoms with Crippen molar-refractivity contribution in [2.45, 2.75) is 26.3 Å². The molecule has 0 aliphatic carbocycles. The Kier molecular flexibility index (Phi) is 7.19. The van der Waals surface area contributed by atoms with Crippen LogP contribution in [-0.4, -0.2) is 61.2 Å². The topological polar surface area (TPSA) is 142 Å². The lowest BCUT2D eigenvalue weighted by Crippen LogP contribution is -2.47. The third-order valence-electron chi connectivity index (χ3n) is 4.85. The van der Waals surface area contributed by atoms with Gasteiger partial charge in [0.25, 0.3) is 0 Å². The van der Waals surface area contributed by atoms with E-state index in [0.29, 0.717) is 43.3 Å². The van der Waals surface area contributed by atoms with Crippen LogP contribution in [0.2, 0.25) is 5.02 Å². The molecule has 2 heterocycles. The third kappa shape index (κ3) is 6.25. The lowest BCUT2D eigenvalue weighted by molar-refractivity contribution is -0.132. The van der Waals surface area contributed by atoms with Crippen molar-refractivity contribution in [2.75, 3.05) is 13.1 Å². The molecule has 1 aromatic carbocycles. The number of rotatable bonds is 5. The molecule has 11 nitrogen and oxygen atoms in total. The summed E-state index contributed by atoms with van der Waals surface area (Å²) in [5.41, 5.74) is 5.64. The molecular weight excluding hydrogens is 426 g/mol. The first-order valence-corrected chi connectivity index (χ1v) is 9.98. The van der Waals surface area contributed by atoms with Crippen molar-refractivity contribution in [1.29, 1.82) is 0 Å². The number of tetrazole rings is 1. The third-order valence-corrected chi connectivity index (χ3v) is 5.08. The second-order valence-electron chi connectivity index (χ2n) is 7.06. The zero-order chi connectivity index (χ0) is 22.4. The van der Waals surface area contributed by atoms with Gasteiger partial charge in [-0.25, -0.2) is 10.2 Å². The van der Waals surface area contributed by atoms with Crippen molar-refractivity contribution >= 4 is 35.6 Å². The van der Waals surface area contributed by atoms with Crippen LogP contribution in [0.25, 0.3) is 6.08 Å². The minimum Gasteiger partial charge on any atom is -0.464 e. The monoisotopic (exact) mass is 447 g/mol. The predicted octanol–water partition coefficient (Wildman–Crippen LogP) is 1.23. The van der Waals surface area contributed by atoms with Gasteiger partial charge < -0.3 is 10.0 Å². The van der Waals surface area contributed by atoms with Gasteiger partial charge in [-0.2, -0.15) is 4.80 Å². The van der Waals surface area contributed by atoms with Crippen LogP contribution in [0.5, 0.6) is 0 Å². The maximum absolute atomic E-state index is 12.6. The molecule has 3 amide bonds. The Labute approximate surface area is 183 Å². The smallest absolute Gasteiger partial charge is 0.423 e. The summed E-state index contributed by atoms with van der Waals surface area (Å²) in [5.74, 6) is -0.350. The van der Waals surface area contributed by atoms with Gasteiger partial charge in [0, 0.05) is 30.1 Å². The molecule has 0 saturated carbocycles. The molecule has 3 rings (SSSR count). The van der Waals surface area contributed by atoms with Gasteiger partial charge in [-0.1, -0.05) is 17.7 Å². The number of hydrogen-bond donors (Lipinski definition) is 3. The average Bonchev–Trinajstić information content (AvgIpc) is 3.15. The summed E-state index contributed by atoms with van der Waals surface area (Å²) >= 11 is 6.12. The Balaban J connectivity index is 1.59. The molecule has 31 heavy (non-hydrogen) atoms. The molecule has 0 bridgehead atoms. The minimum absolute atomic E-state index is 0.168. The standard InChI is InChI=1S/C19H22ClN7O4/c1-12-21-25-27(24-12)11-15-10-16(20)4-2-13(15)3-5-17(28)26-8-6-14(7-9-26)18(29)22-23-19(30)31/h2-5,10,14,23H,6-9,11H2,1H3,(H,22,29)(H,30,31).